The number of amides is 1. The summed E-state index contributed by atoms with van der Waals surface area (Å²) in [5.41, 5.74) is 14.4. The fourth-order valence-corrected chi connectivity index (χ4v) is 10.7. The molecule has 0 bridgehead atoms. The molecule has 646 valence electrons. The second-order valence-electron chi connectivity index (χ2n) is 23.0. The van der Waals surface area contributed by atoms with Crippen LogP contribution in [0.15, 0.2) is 225 Å². The number of aromatic amines is 1. The number of H-pyrrole nitrogens is 1. The molecule has 0 aliphatic carbocycles. The summed E-state index contributed by atoms with van der Waals surface area (Å²) in [5, 5.41) is 16.5. The number of cyclic esters (lactones) is 2. The van der Waals surface area contributed by atoms with Gasteiger partial charge in [-0.1, -0.05) is 136 Å². The zero-order valence-electron chi connectivity index (χ0n) is 66.1. The molecule has 0 unspecified atom stereocenters. The zero-order valence-corrected chi connectivity index (χ0v) is 76.0. The first-order valence-corrected chi connectivity index (χ1v) is 40.4. The van der Waals surface area contributed by atoms with Gasteiger partial charge in [-0.25, -0.2) is 38.7 Å². The number of nitrogens with zero attached hydrogens (tertiary/aromatic N) is 2. The summed E-state index contributed by atoms with van der Waals surface area (Å²) in [6.07, 6.45) is 0. The summed E-state index contributed by atoms with van der Waals surface area (Å²) in [6, 6.07) is 61.5. The third-order valence-electron chi connectivity index (χ3n) is 14.9. The average molecular weight is 1920 g/mol. The van der Waals surface area contributed by atoms with Crippen molar-refractivity contribution in [3.05, 3.63) is 301 Å². The molecule has 13 rings (SSSR count). The first kappa shape index (κ1) is 111. The molecule has 0 saturated heterocycles. The summed E-state index contributed by atoms with van der Waals surface area (Å²) < 4.78 is 38.8. The van der Waals surface area contributed by atoms with Crippen LogP contribution in [0.1, 0.15) is 66.8 Å². The minimum Gasteiger partial charge on any atom is -1.00 e. The standard InChI is InChI=1S/C16H11Cl2NO.C16H14ClNO3.C16H12ClNO2.C9H6ClNO2.C7H6ClNO2.C7H7O.C6H6O3.C4H6O5.Cl3OP.ClH.Mg.H5N3.O2/c1-20-11-7-5-10(6-8-11)13-9-15(18)19-16-12(13)3-2-4-14(16)17;1-10(19)18-15-13(4-3-5-14(15)17)16(20)11-6-8-12(21-2)9-7-11;1-20-11-7-5-10(6-8-11)13-9-15(19)18-16-12(13)3-2-4-14(16)17;1-5-11-8-6(9(12)13-5)3-2-4-7(8)10;8-5-3-1-2-4(6(5)9)7(10)11;1-8-7-5-3-2-4-6-7;1-3-4(2)6(8)9-5(3)7;1-3(5)7-9-8-4(2)6;1-5(2,3)4;;;1-3-2;1-2/h2-9H,1H3;3-9H,1-2H3,(H,18,19);2-9H,1H3,(H,18,19);2-4H,1H3;1-3H,9H2,(H,10,11);3-6H,1H3;2*1-2H3;;1H;;3H,1-2H2;/q;;;;;-1;;;;;+2;;/p-1. The van der Waals surface area contributed by atoms with E-state index in [0.717, 1.165) is 64.1 Å². The van der Waals surface area contributed by atoms with E-state index in [2.05, 4.69) is 91.3 Å². The number of benzene rings is 9. The van der Waals surface area contributed by atoms with Crippen LogP contribution in [0.4, 0.5) is 11.4 Å². The quantitative estimate of drug-likeness (QED) is 0.00510. The Kier molecular flexibility index (Phi) is 51.3. The summed E-state index contributed by atoms with van der Waals surface area (Å²) in [4.78, 5) is 131. The van der Waals surface area contributed by atoms with Crippen LogP contribution in [0.3, 0.4) is 0 Å². The van der Waals surface area contributed by atoms with Crippen LogP contribution in [0.5, 0.6) is 23.0 Å². The molecule has 30 nitrogen and oxygen atoms in total. The molecule has 1 amide bonds. The third kappa shape index (κ3) is 38.0. The van der Waals surface area contributed by atoms with Crippen molar-refractivity contribution in [3.63, 3.8) is 0 Å². The number of ketones is 1. The molecule has 0 saturated carbocycles. The van der Waals surface area contributed by atoms with Crippen molar-refractivity contribution in [3.8, 4) is 45.3 Å². The van der Waals surface area contributed by atoms with Crippen molar-refractivity contribution in [1.82, 2.24) is 20.5 Å². The SMILES string of the molecule is CC(=O)OOOC(C)=O.CC1=C(C)C(=O)OC1=O.COc1cc[c-]cc1.COc1ccc(-c2cc(=O)[nH]c3c(Cl)cccc23)cc1.COc1ccc(-c2cc(Cl)nc3c(Cl)cccc23)cc1.COc1ccc(C(=O)c2cccc(Cl)c2NC(C)=O)cc1.Cc1nc2c(Cl)cccc2c(=O)o1.NNN.Nc1c(Cl)cccc1C(=O)O.O=O.O=P(Cl)(Cl)Cl.[Cl-].[Mg+2]. The van der Waals surface area contributed by atoms with Crippen LogP contribution in [0.25, 0.3) is 55.0 Å². The van der Waals surface area contributed by atoms with E-state index in [-0.39, 0.29) is 69.0 Å². The molecule has 9 aromatic carbocycles. The molecule has 1 aliphatic rings. The van der Waals surface area contributed by atoms with Gasteiger partial charge in [-0.3, -0.25) is 40.4 Å². The Morgan fingerprint density at radius 3 is 1.33 bits per heavy atom. The van der Waals surface area contributed by atoms with E-state index in [1.165, 1.54) is 13.0 Å². The Labute approximate surface area is 769 Å². The number of rotatable bonds is 12. The van der Waals surface area contributed by atoms with E-state index in [4.69, 9.17) is 114 Å². The smallest absolute Gasteiger partial charge is 1.00 e. The van der Waals surface area contributed by atoms with Crippen LogP contribution in [0, 0.1) is 22.9 Å². The van der Waals surface area contributed by atoms with Crippen molar-refractivity contribution < 1.29 is 98.6 Å². The Morgan fingerprint density at radius 2 is 0.919 bits per heavy atom. The Morgan fingerprint density at radius 1 is 0.528 bits per heavy atom. The molecule has 4 heterocycles. The van der Waals surface area contributed by atoms with Gasteiger partial charge in [-0.05, 0) is 173 Å². The molecular weight excluding hydrogens is 1850 g/mol. The maximum absolute atomic E-state index is 12.5. The second kappa shape index (κ2) is 57.0. The van der Waals surface area contributed by atoms with Crippen LogP contribution < -0.4 is 70.8 Å². The van der Waals surface area contributed by atoms with Crippen molar-refractivity contribution in [2.75, 3.05) is 39.5 Å². The summed E-state index contributed by atoms with van der Waals surface area (Å²) in [7, 11) is 6.48. The second-order valence-corrected chi connectivity index (χ2v) is 32.1. The molecule has 12 aromatic rings. The zero-order chi connectivity index (χ0) is 90.8. The van der Waals surface area contributed by atoms with E-state index in [0.29, 0.717) is 86.8 Å². The number of nitrogens with one attached hydrogen (secondary N) is 3. The van der Waals surface area contributed by atoms with Gasteiger partial charge in [0, 0.05) is 87.5 Å². The molecule has 42 heteroatoms. The number of esters is 2. The van der Waals surface area contributed by atoms with Crippen LogP contribution in [-0.2, 0) is 48.1 Å². The number of carbonyl (C=O) groups excluding carboxylic acids is 6. The molecular formula is C81H73Cl10MgN8O22P. The van der Waals surface area contributed by atoms with Gasteiger partial charge in [0.2, 0.25) is 11.5 Å². The Balaban J connectivity index is 0.000000705. The van der Waals surface area contributed by atoms with E-state index >= 15 is 0 Å². The number of carboxylic acid groups (broad SMARTS) is 1. The van der Waals surface area contributed by atoms with Crippen LogP contribution in [-0.4, -0.2) is 113 Å². The van der Waals surface area contributed by atoms with Gasteiger partial charge in [-0.2, -0.15) is 23.7 Å². The number of pyridine rings is 2. The molecule has 0 radical (unpaired) electrons. The van der Waals surface area contributed by atoms with Gasteiger partial charge in [0.25, 0.3) is 0 Å². The van der Waals surface area contributed by atoms with E-state index < -0.39 is 40.7 Å². The minimum absolute atomic E-state index is 0. The number of aryl methyl sites for hydroxylation is 1. The number of hydrogen-bond donors (Lipinski definition) is 7. The Bertz CT molecular complexity index is 5710. The van der Waals surface area contributed by atoms with Crippen molar-refractivity contribution in [1.29, 1.82) is 0 Å². The number of carbonyl (C=O) groups is 7. The number of aromatic carboxylic acids is 1. The average Bonchev–Trinajstić information content (AvgIpc) is 1.50. The number of carboxylic acids is 1. The molecule has 1 aliphatic heterocycles. The maximum atomic E-state index is 12.5. The van der Waals surface area contributed by atoms with Gasteiger partial charge < -0.3 is 61.6 Å². The normalized spacial score (nSPS) is 10.4. The summed E-state index contributed by atoms with van der Waals surface area (Å²) in [6.45, 7) is 8.35. The number of nitrogens with two attached hydrogens (primary N) is 3. The Hall–Kier alpha value is -10.5. The first-order chi connectivity index (χ1) is 57.3. The number of para-hydroxylation sites is 5. The van der Waals surface area contributed by atoms with Crippen LogP contribution >= 0.6 is 109 Å². The molecule has 0 fully saturated rings. The van der Waals surface area contributed by atoms with Gasteiger partial charge in [0.05, 0.1) is 92.4 Å². The van der Waals surface area contributed by atoms with Gasteiger partial charge in [-0.15, -0.1) is 12.1 Å². The predicted molar refractivity (Wildman–Crippen MR) is 475 cm³/mol. The summed E-state index contributed by atoms with van der Waals surface area (Å²) >= 11 is 49.8. The van der Waals surface area contributed by atoms with E-state index in [9.17, 15) is 47.7 Å². The minimum atomic E-state index is -3.22. The molecule has 0 spiro atoms. The third-order valence-corrected chi connectivity index (χ3v) is 16.6. The monoisotopic (exact) mass is 1910 g/mol. The largest absolute Gasteiger partial charge is 2.00 e. The van der Waals surface area contributed by atoms with Crippen LogP contribution in [0.2, 0.25) is 30.3 Å². The van der Waals surface area contributed by atoms with Gasteiger partial charge in [0.15, 0.2) is 11.7 Å². The van der Waals surface area contributed by atoms with Gasteiger partial charge >= 0.3 is 63.7 Å². The predicted octanol–water partition coefficient (Wildman–Crippen LogP) is 16.1. The topological polar surface area (TPSA) is 456 Å². The number of anilines is 2. The maximum Gasteiger partial charge on any atom is 2.00 e. The number of aromatic nitrogens is 3. The van der Waals surface area contributed by atoms with Crippen molar-refractivity contribution in [2.24, 2.45) is 11.7 Å². The fourth-order valence-electron chi connectivity index (χ4n) is 9.41. The molecule has 0 atom stereocenters. The first-order valence-electron chi connectivity index (χ1n) is 33.7. The number of fused-ring (bicyclic) bond motifs is 3. The fraction of sp³-hybridized carbons (Fsp3) is 0.123. The number of hydrogen-bond acceptors (Lipinski definition) is 27. The van der Waals surface area contributed by atoms with Crippen molar-refractivity contribution >= 4 is 217 Å². The summed E-state index contributed by atoms with van der Waals surface area (Å²) in [5.74, 6) is 8.24. The molecule has 3 aromatic heterocycles. The number of nitrogen functional groups attached to an aromatic ring is 1. The number of ether oxygens (including phenoxy) is 5. The molecule has 123 heavy (non-hydrogen) atoms. The van der Waals surface area contributed by atoms with Crippen molar-refractivity contribution in [2.45, 2.75) is 41.5 Å². The molecule has 10 N–H and O–H groups in total. The van der Waals surface area contributed by atoms with Gasteiger partial charge in [0.1, 0.15) is 22.4 Å². The number of hydrazine groups is 2. The number of halogens is 10. The van der Waals surface area contributed by atoms with E-state index in [1.54, 1.807) is 140 Å². The number of methoxy groups -OCH3 is 4. The van der Waals surface area contributed by atoms with E-state index in [1.807, 2.05) is 109 Å².